The molecule has 0 aromatic heterocycles. The molecule has 2 aliphatic heterocycles. The Morgan fingerprint density at radius 2 is 1.30 bits per heavy atom. The van der Waals surface area contributed by atoms with Gasteiger partial charge < -0.3 is 9.80 Å². The number of nitrogens with one attached hydrogen (secondary N) is 2. The van der Waals surface area contributed by atoms with Crippen LogP contribution in [0.5, 0.6) is 0 Å². The van der Waals surface area contributed by atoms with E-state index < -0.39 is 0 Å². The smallest absolute Gasteiger partial charge is 0.292 e. The molecule has 1 atom stereocenters. The third kappa shape index (κ3) is 4.44. The Morgan fingerprint density at radius 1 is 0.758 bits per heavy atom. The van der Waals surface area contributed by atoms with Gasteiger partial charge in [-0.3, -0.25) is 9.59 Å². The van der Waals surface area contributed by atoms with Crippen molar-refractivity contribution in [3.05, 3.63) is 101 Å². The average molecular weight is 462 g/mol. The number of halogens is 1. The molecule has 2 aliphatic rings. The van der Waals surface area contributed by atoms with Crippen molar-refractivity contribution in [1.82, 2.24) is 0 Å². The number of carbonyl (C=O) groups is 2. The first-order valence-corrected chi connectivity index (χ1v) is 11.9. The van der Waals surface area contributed by atoms with Crippen LogP contribution < -0.4 is 14.7 Å². The SMILES string of the molecule is O=C1C[C@H]([NH+]2CC[NH+](C(c3ccccc3)c3ccccc3)CC2)C(=O)N1c1ccc(Cl)cc1. The number of amides is 2. The molecule has 3 aromatic rings. The molecule has 5 nitrogen and oxygen atoms in total. The Labute approximate surface area is 199 Å². The van der Waals surface area contributed by atoms with E-state index >= 15 is 0 Å². The normalized spacial score (nSPS) is 23.3. The van der Waals surface area contributed by atoms with Crippen LogP contribution in [0.15, 0.2) is 84.9 Å². The van der Waals surface area contributed by atoms with Crippen molar-refractivity contribution in [3.63, 3.8) is 0 Å². The van der Waals surface area contributed by atoms with Crippen molar-refractivity contribution in [1.29, 1.82) is 0 Å². The van der Waals surface area contributed by atoms with Crippen molar-refractivity contribution in [3.8, 4) is 0 Å². The average Bonchev–Trinajstić information content (AvgIpc) is 3.15. The molecule has 2 fully saturated rings. The van der Waals surface area contributed by atoms with Gasteiger partial charge in [0.05, 0.1) is 12.1 Å². The fourth-order valence-corrected chi connectivity index (χ4v) is 5.42. The third-order valence-electron chi connectivity index (χ3n) is 6.93. The van der Waals surface area contributed by atoms with Crippen molar-refractivity contribution >= 4 is 29.1 Å². The lowest BCUT2D eigenvalue weighted by molar-refractivity contribution is -1.03. The second-order valence-corrected chi connectivity index (χ2v) is 9.31. The highest BCUT2D eigenvalue weighted by molar-refractivity contribution is 6.30. The zero-order valence-electron chi connectivity index (χ0n) is 18.4. The minimum Gasteiger partial charge on any atom is -0.316 e. The Morgan fingerprint density at radius 3 is 1.85 bits per heavy atom. The number of hydrogen-bond acceptors (Lipinski definition) is 2. The number of hydrogen-bond donors (Lipinski definition) is 2. The fourth-order valence-electron chi connectivity index (χ4n) is 5.30. The van der Waals surface area contributed by atoms with Gasteiger partial charge in [-0.2, -0.15) is 0 Å². The van der Waals surface area contributed by atoms with E-state index in [9.17, 15) is 9.59 Å². The summed E-state index contributed by atoms with van der Waals surface area (Å²) < 4.78 is 0. The number of benzene rings is 3. The number of carbonyl (C=O) groups excluding carboxylic acids is 2. The van der Waals surface area contributed by atoms with E-state index in [4.69, 9.17) is 11.6 Å². The van der Waals surface area contributed by atoms with Gasteiger partial charge in [-0.15, -0.1) is 0 Å². The standard InChI is InChI=1S/C27H26ClN3O2/c28-22-11-13-23(14-12-22)31-25(32)19-24(27(31)33)29-15-17-30(18-16-29)26(20-7-3-1-4-8-20)21-9-5-2-6-10-21/h1-14,24,26H,15-19H2/p+2/t24-/m0/s1. The molecule has 0 unspecified atom stereocenters. The molecule has 33 heavy (non-hydrogen) atoms. The summed E-state index contributed by atoms with van der Waals surface area (Å²) in [6, 6.07) is 28.2. The molecule has 2 N–H and O–H groups in total. The van der Waals surface area contributed by atoms with Crippen LogP contribution in [0.4, 0.5) is 5.69 Å². The predicted molar refractivity (Wildman–Crippen MR) is 128 cm³/mol. The third-order valence-corrected chi connectivity index (χ3v) is 7.18. The zero-order valence-corrected chi connectivity index (χ0v) is 19.2. The summed E-state index contributed by atoms with van der Waals surface area (Å²) >= 11 is 5.97. The molecule has 0 aliphatic carbocycles. The maximum Gasteiger partial charge on any atom is 0.292 e. The van der Waals surface area contributed by atoms with Crippen LogP contribution in [-0.4, -0.2) is 44.0 Å². The second kappa shape index (κ2) is 9.48. The van der Waals surface area contributed by atoms with E-state index in [0.29, 0.717) is 10.7 Å². The van der Waals surface area contributed by atoms with Gasteiger partial charge in [-0.25, -0.2) is 4.90 Å². The molecule has 0 spiro atoms. The molecule has 168 valence electrons. The van der Waals surface area contributed by atoms with Crippen LogP contribution in [0.3, 0.4) is 0 Å². The molecule has 0 radical (unpaired) electrons. The molecule has 2 saturated heterocycles. The quantitative estimate of drug-likeness (QED) is 0.566. The van der Waals surface area contributed by atoms with Gasteiger partial charge in [-0.1, -0.05) is 72.3 Å². The maximum absolute atomic E-state index is 13.2. The number of rotatable bonds is 5. The van der Waals surface area contributed by atoms with Gasteiger partial charge in [0.25, 0.3) is 5.91 Å². The van der Waals surface area contributed by atoms with Gasteiger partial charge in [0.15, 0.2) is 6.04 Å². The van der Waals surface area contributed by atoms with Crippen molar-refractivity contribution in [2.24, 2.45) is 0 Å². The van der Waals surface area contributed by atoms with Crippen LogP contribution in [0.1, 0.15) is 23.6 Å². The number of imide groups is 1. The first kappa shape index (κ1) is 21.8. The maximum atomic E-state index is 13.2. The van der Waals surface area contributed by atoms with Gasteiger partial charge in [0, 0.05) is 16.1 Å². The molecule has 6 heteroatoms. The van der Waals surface area contributed by atoms with Gasteiger partial charge >= 0.3 is 0 Å². The Hall–Kier alpha value is -2.99. The number of anilines is 1. The number of nitrogens with zero attached hydrogens (tertiary/aromatic N) is 1. The minimum atomic E-state index is -0.304. The lowest BCUT2D eigenvalue weighted by Crippen LogP contribution is -3.30. The monoisotopic (exact) mass is 461 g/mol. The Bertz CT molecular complexity index is 1070. The molecule has 0 saturated carbocycles. The molecule has 2 heterocycles. The Balaban J connectivity index is 1.31. The molecular formula is C27H28ClN3O2+2. The van der Waals surface area contributed by atoms with Gasteiger partial charge in [0.1, 0.15) is 32.2 Å². The molecule has 0 bridgehead atoms. The molecule has 2 amide bonds. The van der Waals surface area contributed by atoms with E-state index in [1.807, 2.05) is 0 Å². The lowest BCUT2D eigenvalue weighted by Gasteiger charge is -2.36. The molecule has 3 aromatic carbocycles. The highest BCUT2D eigenvalue weighted by Crippen LogP contribution is 2.24. The molecular weight excluding hydrogens is 434 g/mol. The van der Waals surface area contributed by atoms with Crippen LogP contribution in [-0.2, 0) is 9.59 Å². The Kier molecular flexibility index (Phi) is 6.27. The van der Waals surface area contributed by atoms with Gasteiger partial charge in [0.2, 0.25) is 5.91 Å². The number of piperazine rings is 1. The summed E-state index contributed by atoms with van der Waals surface area (Å²) in [5, 5.41) is 0.588. The highest BCUT2D eigenvalue weighted by atomic mass is 35.5. The summed E-state index contributed by atoms with van der Waals surface area (Å²) in [7, 11) is 0. The number of quaternary nitrogens is 2. The van der Waals surface area contributed by atoms with E-state index in [1.165, 1.54) is 25.8 Å². The summed E-state index contributed by atoms with van der Waals surface area (Å²) in [5.74, 6) is -0.218. The van der Waals surface area contributed by atoms with Crippen molar-refractivity contribution in [2.45, 2.75) is 18.5 Å². The van der Waals surface area contributed by atoms with E-state index in [-0.39, 0.29) is 30.3 Å². The zero-order chi connectivity index (χ0) is 22.8. The minimum absolute atomic E-state index is 0.0940. The summed E-state index contributed by atoms with van der Waals surface area (Å²) in [6.45, 7) is 3.62. The van der Waals surface area contributed by atoms with Crippen LogP contribution in [0.25, 0.3) is 0 Å². The van der Waals surface area contributed by atoms with Gasteiger partial charge in [-0.05, 0) is 24.3 Å². The van der Waals surface area contributed by atoms with Crippen molar-refractivity contribution < 1.29 is 19.4 Å². The van der Waals surface area contributed by atoms with E-state index in [2.05, 4.69) is 60.7 Å². The largest absolute Gasteiger partial charge is 0.316 e. The second-order valence-electron chi connectivity index (χ2n) is 8.87. The summed E-state index contributed by atoms with van der Waals surface area (Å²) in [4.78, 5) is 30.0. The first-order valence-electron chi connectivity index (χ1n) is 11.5. The lowest BCUT2D eigenvalue weighted by atomic mass is 9.96. The van der Waals surface area contributed by atoms with E-state index in [0.717, 1.165) is 26.2 Å². The fraction of sp³-hybridized carbons (Fsp3) is 0.259. The molecule has 5 rings (SSSR count). The highest BCUT2D eigenvalue weighted by Gasteiger charge is 2.47. The summed E-state index contributed by atoms with van der Waals surface area (Å²) in [6.07, 6.45) is 0.271. The summed E-state index contributed by atoms with van der Waals surface area (Å²) in [5.41, 5.74) is 3.22. The van der Waals surface area contributed by atoms with Crippen LogP contribution >= 0.6 is 11.6 Å². The van der Waals surface area contributed by atoms with E-state index in [1.54, 1.807) is 24.3 Å². The first-order chi connectivity index (χ1) is 16.1. The van der Waals surface area contributed by atoms with Crippen molar-refractivity contribution in [2.75, 3.05) is 31.1 Å². The van der Waals surface area contributed by atoms with Crippen LogP contribution in [0.2, 0.25) is 5.02 Å². The van der Waals surface area contributed by atoms with Crippen LogP contribution in [0, 0.1) is 0 Å². The predicted octanol–water partition coefficient (Wildman–Crippen LogP) is 1.54. The topological polar surface area (TPSA) is 46.3 Å².